The zero-order valence-electron chi connectivity index (χ0n) is 7.44. The van der Waals surface area contributed by atoms with Gasteiger partial charge < -0.3 is 14.6 Å². The van der Waals surface area contributed by atoms with Crippen LogP contribution in [0, 0.1) is 0 Å². The number of hydrogen-bond acceptors (Lipinski definition) is 3. The summed E-state index contributed by atoms with van der Waals surface area (Å²) in [6.07, 6.45) is -1.30. The first kappa shape index (κ1) is 10.8. The molecule has 1 N–H and O–H groups in total. The summed E-state index contributed by atoms with van der Waals surface area (Å²) in [5.41, 5.74) is 0. The van der Waals surface area contributed by atoms with E-state index in [0.717, 1.165) is 0 Å². The van der Waals surface area contributed by atoms with E-state index in [1.54, 1.807) is 24.3 Å². The van der Waals surface area contributed by atoms with Crippen molar-refractivity contribution in [3.63, 3.8) is 0 Å². The van der Waals surface area contributed by atoms with Crippen molar-refractivity contribution in [3.8, 4) is 5.75 Å². The summed E-state index contributed by atoms with van der Waals surface area (Å²) < 4.78 is 9.59. The third-order valence-electron chi connectivity index (χ3n) is 1.47. The average Bonchev–Trinajstić information content (AvgIpc) is 2.16. The highest BCUT2D eigenvalue weighted by atomic mass is 35.5. The average molecular weight is 217 g/mol. The molecule has 0 saturated carbocycles. The quantitative estimate of drug-likeness (QED) is 0.780. The van der Waals surface area contributed by atoms with Crippen molar-refractivity contribution < 1.29 is 19.4 Å². The predicted octanol–water partition coefficient (Wildman–Crippen LogP) is 1.78. The molecule has 0 aliphatic heterocycles. The Morgan fingerprint density at radius 1 is 1.43 bits per heavy atom. The molecular formula is C9H9ClO4. The molecule has 0 fully saturated rings. The van der Waals surface area contributed by atoms with Gasteiger partial charge in [0.15, 0.2) is 0 Å². The monoisotopic (exact) mass is 216 g/mol. The molecule has 1 atom stereocenters. The number of halogens is 1. The molecule has 0 aromatic heterocycles. The largest absolute Gasteiger partial charge is 0.477 e. The predicted molar refractivity (Wildman–Crippen MR) is 50.5 cm³/mol. The number of carbonyl (C=O) groups is 1. The minimum atomic E-state index is -1.30. The SMILES string of the molecule is COC(Oc1ccc(Cl)cc1)C(=O)O. The van der Waals surface area contributed by atoms with Gasteiger partial charge in [0.1, 0.15) is 5.75 Å². The van der Waals surface area contributed by atoms with Crippen molar-refractivity contribution in [1.29, 1.82) is 0 Å². The van der Waals surface area contributed by atoms with Gasteiger partial charge in [-0.25, -0.2) is 4.79 Å². The highest BCUT2D eigenvalue weighted by Gasteiger charge is 2.17. The van der Waals surface area contributed by atoms with Crippen LogP contribution in [-0.4, -0.2) is 24.5 Å². The van der Waals surface area contributed by atoms with Crippen LogP contribution in [0.1, 0.15) is 0 Å². The second kappa shape index (κ2) is 4.83. The number of ether oxygens (including phenoxy) is 2. The maximum atomic E-state index is 10.5. The molecule has 0 bridgehead atoms. The van der Waals surface area contributed by atoms with Crippen LogP contribution in [0.15, 0.2) is 24.3 Å². The van der Waals surface area contributed by atoms with Crippen molar-refractivity contribution in [3.05, 3.63) is 29.3 Å². The Hall–Kier alpha value is -1.26. The Bertz CT molecular complexity index is 309. The topological polar surface area (TPSA) is 55.8 Å². The van der Waals surface area contributed by atoms with Crippen LogP contribution < -0.4 is 4.74 Å². The highest BCUT2D eigenvalue weighted by molar-refractivity contribution is 6.30. The van der Waals surface area contributed by atoms with E-state index in [1.165, 1.54) is 7.11 Å². The molecule has 4 nitrogen and oxygen atoms in total. The van der Waals surface area contributed by atoms with E-state index in [0.29, 0.717) is 10.8 Å². The van der Waals surface area contributed by atoms with Crippen LogP contribution in [0.2, 0.25) is 5.02 Å². The first-order chi connectivity index (χ1) is 6.63. The molecule has 14 heavy (non-hydrogen) atoms. The standard InChI is InChI=1S/C9H9ClO4/c1-13-9(8(11)12)14-7-4-2-6(10)3-5-7/h2-5,9H,1H3,(H,11,12). The summed E-state index contributed by atoms with van der Waals surface area (Å²) in [4.78, 5) is 10.5. The maximum absolute atomic E-state index is 10.5. The molecule has 0 spiro atoms. The molecule has 0 saturated heterocycles. The minimum absolute atomic E-state index is 0.392. The zero-order valence-corrected chi connectivity index (χ0v) is 8.19. The molecular weight excluding hydrogens is 208 g/mol. The summed E-state index contributed by atoms with van der Waals surface area (Å²) in [6.45, 7) is 0. The lowest BCUT2D eigenvalue weighted by atomic mass is 10.3. The van der Waals surface area contributed by atoms with Crippen LogP contribution in [0.25, 0.3) is 0 Å². The molecule has 0 aliphatic carbocycles. The summed E-state index contributed by atoms with van der Waals surface area (Å²) in [5.74, 6) is -0.786. The molecule has 1 unspecified atom stereocenters. The normalized spacial score (nSPS) is 12.1. The summed E-state index contributed by atoms with van der Waals surface area (Å²) in [6, 6.07) is 6.34. The molecule has 1 aromatic rings. The van der Waals surface area contributed by atoms with Gasteiger partial charge in [0, 0.05) is 12.1 Å². The van der Waals surface area contributed by atoms with Crippen molar-refractivity contribution >= 4 is 17.6 Å². The Kier molecular flexibility index (Phi) is 3.73. The molecule has 0 aliphatic rings. The van der Waals surface area contributed by atoms with E-state index in [-0.39, 0.29) is 0 Å². The summed E-state index contributed by atoms with van der Waals surface area (Å²) in [7, 11) is 1.26. The second-order valence-electron chi connectivity index (χ2n) is 2.48. The van der Waals surface area contributed by atoms with E-state index >= 15 is 0 Å². The fourth-order valence-corrected chi connectivity index (χ4v) is 0.962. The number of hydrogen-bond donors (Lipinski definition) is 1. The van der Waals surface area contributed by atoms with Crippen molar-refractivity contribution in [2.45, 2.75) is 6.29 Å². The third kappa shape index (κ3) is 2.90. The van der Waals surface area contributed by atoms with Gasteiger partial charge in [-0.2, -0.15) is 0 Å². The number of rotatable bonds is 4. The molecule has 1 aromatic carbocycles. The van der Waals surface area contributed by atoms with Gasteiger partial charge in [0.25, 0.3) is 6.29 Å². The summed E-state index contributed by atoms with van der Waals surface area (Å²) >= 11 is 5.64. The van der Waals surface area contributed by atoms with E-state index in [4.69, 9.17) is 21.4 Å². The van der Waals surface area contributed by atoms with Crippen LogP contribution >= 0.6 is 11.6 Å². The molecule has 0 heterocycles. The smallest absolute Gasteiger partial charge is 0.373 e. The maximum Gasteiger partial charge on any atom is 0.373 e. The second-order valence-corrected chi connectivity index (χ2v) is 2.91. The molecule has 76 valence electrons. The van der Waals surface area contributed by atoms with Gasteiger partial charge in [-0.15, -0.1) is 0 Å². The van der Waals surface area contributed by atoms with E-state index < -0.39 is 12.3 Å². The van der Waals surface area contributed by atoms with E-state index in [9.17, 15) is 4.79 Å². The minimum Gasteiger partial charge on any atom is -0.477 e. The lowest BCUT2D eigenvalue weighted by Crippen LogP contribution is -2.28. The number of benzene rings is 1. The first-order valence-electron chi connectivity index (χ1n) is 3.81. The van der Waals surface area contributed by atoms with E-state index in [1.807, 2.05) is 0 Å². The van der Waals surface area contributed by atoms with Crippen molar-refractivity contribution in [1.82, 2.24) is 0 Å². The number of carboxylic acids is 1. The van der Waals surface area contributed by atoms with Crippen LogP contribution in [0.5, 0.6) is 5.75 Å². The lowest BCUT2D eigenvalue weighted by molar-refractivity contribution is -0.166. The van der Waals surface area contributed by atoms with Crippen LogP contribution in [0.3, 0.4) is 0 Å². The van der Waals surface area contributed by atoms with Crippen molar-refractivity contribution in [2.75, 3.05) is 7.11 Å². The molecule has 0 amide bonds. The molecule has 5 heteroatoms. The van der Waals surface area contributed by atoms with Gasteiger partial charge in [-0.05, 0) is 24.3 Å². The Morgan fingerprint density at radius 3 is 2.43 bits per heavy atom. The van der Waals surface area contributed by atoms with Crippen molar-refractivity contribution in [2.24, 2.45) is 0 Å². The van der Waals surface area contributed by atoms with Gasteiger partial charge in [0.2, 0.25) is 0 Å². The van der Waals surface area contributed by atoms with E-state index in [2.05, 4.69) is 4.74 Å². The fraction of sp³-hybridized carbons (Fsp3) is 0.222. The Balaban J connectivity index is 2.67. The summed E-state index contributed by atoms with van der Waals surface area (Å²) in [5, 5.41) is 9.17. The number of carboxylic acid groups (broad SMARTS) is 1. The number of aliphatic carboxylic acids is 1. The lowest BCUT2D eigenvalue weighted by Gasteiger charge is -2.12. The zero-order chi connectivity index (χ0) is 10.6. The molecule has 1 rings (SSSR count). The first-order valence-corrected chi connectivity index (χ1v) is 4.19. The van der Waals surface area contributed by atoms with Gasteiger partial charge in [-0.3, -0.25) is 0 Å². The van der Waals surface area contributed by atoms with Crippen LogP contribution in [0.4, 0.5) is 0 Å². The third-order valence-corrected chi connectivity index (χ3v) is 1.72. The van der Waals surface area contributed by atoms with Gasteiger partial charge in [0.05, 0.1) is 0 Å². The molecule has 0 radical (unpaired) electrons. The fourth-order valence-electron chi connectivity index (χ4n) is 0.836. The van der Waals surface area contributed by atoms with Gasteiger partial charge in [-0.1, -0.05) is 11.6 Å². The number of methoxy groups -OCH3 is 1. The highest BCUT2D eigenvalue weighted by Crippen LogP contribution is 2.16. The van der Waals surface area contributed by atoms with Crippen LogP contribution in [-0.2, 0) is 9.53 Å². The Morgan fingerprint density at radius 2 is 2.00 bits per heavy atom. The Labute approximate surface area is 86.0 Å². The van der Waals surface area contributed by atoms with Gasteiger partial charge >= 0.3 is 5.97 Å².